The monoisotopic (exact) mass is 503 g/mol. The number of phenolic OH excluding ortho intramolecular Hbond substituents is 3. The SMILES string of the molecule is COc1cc(C)c(O)cc1N(c1ccc(-c2ccccc2)c(-c2ccccc2)c1)c1cc(O)c(C)cc1O. The van der Waals surface area contributed by atoms with Crippen molar-refractivity contribution < 1.29 is 20.1 Å². The smallest absolute Gasteiger partial charge is 0.143 e. The molecule has 0 amide bonds. The molecule has 5 heteroatoms. The van der Waals surface area contributed by atoms with E-state index < -0.39 is 0 Å². The fourth-order valence-corrected chi connectivity index (χ4v) is 4.65. The largest absolute Gasteiger partial charge is 0.508 e. The molecule has 0 spiro atoms. The fourth-order valence-electron chi connectivity index (χ4n) is 4.65. The Hall–Kier alpha value is -4.90. The number of rotatable bonds is 6. The Morgan fingerprint density at radius 3 is 1.71 bits per heavy atom. The van der Waals surface area contributed by atoms with Crippen LogP contribution in [0.2, 0.25) is 0 Å². The lowest BCUT2D eigenvalue weighted by molar-refractivity contribution is 0.412. The zero-order valence-electron chi connectivity index (χ0n) is 21.5. The molecule has 5 aromatic rings. The molecule has 3 N–H and O–H groups in total. The number of hydrogen-bond acceptors (Lipinski definition) is 5. The van der Waals surface area contributed by atoms with Crippen LogP contribution in [-0.4, -0.2) is 22.4 Å². The van der Waals surface area contributed by atoms with Crippen molar-refractivity contribution in [3.8, 4) is 45.3 Å². The molecule has 38 heavy (non-hydrogen) atoms. The van der Waals surface area contributed by atoms with E-state index in [9.17, 15) is 15.3 Å². The molecule has 0 aliphatic rings. The lowest BCUT2D eigenvalue weighted by atomic mass is 9.93. The van der Waals surface area contributed by atoms with Gasteiger partial charge in [0.25, 0.3) is 0 Å². The van der Waals surface area contributed by atoms with Crippen molar-refractivity contribution in [2.24, 2.45) is 0 Å². The van der Waals surface area contributed by atoms with E-state index in [0.717, 1.165) is 22.3 Å². The molecule has 0 atom stereocenters. The van der Waals surface area contributed by atoms with E-state index in [0.29, 0.717) is 33.9 Å². The van der Waals surface area contributed by atoms with Crippen LogP contribution < -0.4 is 9.64 Å². The van der Waals surface area contributed by atoms with Gasteiger partial charge in [-0.1, -0.05) is 66.7 Å². The molecule has 5 aromatic carbocycles. The minimum absolute atomic E-state index is 0.0178. The van der Waals surface area contributed by atoms with Crippen LogP contribution in [0.25, 0.3) is 22.3 Å². The van der Waals surface area contributed by atoms with Gasteiger partial charge in [-0.3, -0.25) is 0 Å². The molecule has 0 aliphatic heterocycles. The van der Waals surface area contributed by atoms with Crippen LogP contribution >= 0.6 is 0 Å². The maximum atomic E-state index is 11.1. The summed E-state index contributed by atoms with van der Waals surface area (Å²) in [4.78, 5) is 1.79. The van der Waals surface area contributed by atoms with Crippen molar-refractivity contribution in [2.45, 2.75) is 13.8 Å². The van der Waals surface area contributed by atoms with Crippen LogP contribution in [0.3, 0.4) is 0 Å². The van der Waals surface area contributed by atoms with Gasteiger partial charge >= 0.3 is 0 Å². The molecule has 190 valence electrons. The summed E-state index contributed by atoms with van der Waals surface area (Å²) < 4.78 is 5.71. The van der Waals surface area contributed by atoms with E-state index in [1.165, 1.54) is 12.1 Å². The summed E-state index contributed by atoms with van der Waals surface area (Å²) in [5, 5.41) is 32.3. The third kappa shape index (κ3) is 4.62. The quantitative estimate of drug-likeness (QED) is 0.204. The first-order valence-corrected chi connectivity index (χ1v) is 12.3. The van der Waals surface area contributed by atoms with Gasteiger partial charge in [0.1, 0.15) is 23.0 Å². The van der Waals surface area contributed by atoms with E-state index in [2.05, 4.69) is 24.3 Å². The number of nitrogens with zero attached hydrogens (tertiary/aromatic N) is 1. The first-order chi connectivity index (χ1) is 18.4. The molecule has 0 aliphatic carbocycles. The highest BCUT2D eigenvalue weighted by Gasteiger charge is 2.24. The molecule has 5 rings (SSSR count). The van der Waals surface area contributed by atoms with E-state index in [1.807, 2.05) is 54.6 Å². The topological polar surface area (TPSA) is 73.2 Å². The summed E-state index contributed by atoms with van der Waals surface area (Å²) in [7, 11) is 1.56. The number of methoxy groups -OCH3 is 1. The first kappa shape index (κ1) is 24.8. The van der Waals surface area contributed by atoms with Crippen molar-refractivity contribution in [3.63, 3.8) is 0 Å². The molecule has 0 heterocycles. The second-order valence-corrected chi connectivity index (χ2v) is 9.24. The number of benzene rings is 5. The zero-order chi connectivity index (χ0) is 26.8. The van der Waals surface area contributed by atoms with Gasteiger partial charge in [0.05, 0.1) is 18.5 Å². The maximum Gasteiger partial charge on any atom is 0.143 e. The highest BCUT2D eigenvalue weighted by Crippen LogP contribution is 2.48. The Balaban J connectivity index is 1.81. The lowest BCUT2D eigenvalue weighted by Gasteiger charge is -2.29. The van der Waals surface area contributed by atoms with Crippen LogP contribution in [-0.2, 0) is 0 Å². The summed E-state index contributed by atoms with van der Waals surface area (Å²) >= 11 is 0. The van der Waals surface area contributed by atoms with E-state index in [1.54, 1.807) is 38.0 Å². The number of hydrogen-bond donors (Lipinski definition) is 3. The maximum absolute atomic E-state index is 11.1. The third-order valence-electron chi connectivity index (χ3n) is 6.70. The molecule has 0 bridgehead atoms. The second kappa shape index (κ2) is 10.2. The van der Waals surface area contributed by atoms with Crippen LogP contribution in [0.4, 0.5) is 17.1 Å². The summed E-state index contributed by atoms with van der Waals surface area (Å²) in [5.41, 5.74) is 6.93. The van der Waals surface area contributed by atoms with Gasteiger partial charge in [-0.05, 0) is 71.5 Å². The summed E-state index contributed by atoms with van der Waals surface area (Å²) in [6.07, 6.45) is 0. The average molecular weight is 504 g/mol. The second-order valence-electron chi connectivity index (χ2n) is 9.24. The summed E-state index contributed by atoms with van der Waals surface area (Å²) in [5.74, 6) is 0.622. The number of anilines is 3. The molecule has 0 radical (unpaired) electrons. The van der Waals surface area contributed by atoms with Gasteiger partial charge < -0.3 is 25.0 Å². The van der Waals surface area contributed by atoms with E-state index in [-0.39, 0.29) is 17.2 Å². The van der Waals surface area contributed by atoms with Crippen molar-refractivity contribution in [3.05, 3.63) is 114 Å². The van der Waals surface area contributed by atoms with Gasteiger partial charge in [-0.2, -0.15) is 0 Å². The van der Waals surface area contributed by atoms with Gasteiger partial charge in [0.15, 0.2) is 0 Å². The molecule has 0 saturated carbocycles. The molecule has 0 fully saturated rings. The van der Waals surface area contributed by atoms with Crippen molar-refractivity contribution >= 4 is 17.1 Å². The number of phenols is 3. The first-order valence-electron chi connectivity index (χ1n) is 12.3. The van der Waals surface area contributed by atoms with E-state index >= 15 is 0 Å². The van der Waals surface area contributed by atoms with Gasteiger partial charge in [-0.25, -0.2) is 0 Å². The number of aromatic hydroxyl groups is 3. The minimum atomic E-state index is -0.0178. The van der Waals surface area contributed by atoms with Gasteiger partial charge in [0, 0.05) is 17.8 Å². The van der Waals surface area contributed by atoms with Crippen LogP contribution in [0.5, 0.6) is 23.0 Å². The lowest BCUT2D eigenvalue weighted by Crippen LogP contribution is -2.12. The standard InChI is InChI=1S/C33H29NO4/c1-21-16-32(37)28(19-30(21)35)34(29-20-31(36)22(2)17-33(29)38-3)25-14-15-26(23-10-6-4-7-11-23)27(18-25)24-12-8-5-9-13-24/h4-20,35-37H,1-3H3. The number of aryl methyl sites for hydroxylation is 2. The van der Waals surface area contributed by atoms with Crippen molar-refractivity contribution in [1.82, 2.24) is 0 Å². The Bertz CT molecular complexity index is 1600. The Morgan fingerprint density at radius 2 is 1.11 bits per heavy atom. The van der Waals surface area contributed by atoms with E-state index in [4.69, 9.17) is 4.74 Å². The number of ether oxygens (including phenoxy) is 1. The molecule has 0 aromatic heterocycles. The normalized spacial score (nSPS) is 10.8. The predicted octanol–water partition coefficient (Wildman–Crippen LogP) is 8.23. The van der Waals surface area contributed by atoms with Gasteiger partial charge in [-0.15, -0.1) is 0 Å². The van der Waals surface area contributed by atoms with Crippen LogP contribution in [0.15, 0.2) is 103 Å². The predicted molar refractivity (Wildman–Crippen MR) is 153 cm³/mol. The molecule has 0 unspecified atom stereocenters. The van der Waals surface area contributed by atoms with Crippen molar-refractivity contribution in [1.29, 1.82) is 0 Å². The Morgan fingerprint density at radius 1 is 0.553 bits per heavy atom. The third-order valence-corrected chi connectivity index (χ3v) is 6.70. The minimum Gasteiger partial charge on any atom is -0.508 e. The molecule has 0 saturated heterocycles. The average Bonchev–Trinajstić information content (AvgIpc) is 2.94. The summed E-state index contributed by atoms with van der Waals surface area (Å²) in [6.45, 7) is 3.52. The molecular weight excluding hydrogens is 474 g/mol. The molecule has 5 nitrogen and oxygen atoms in total. The fraction of sp³-hybridized carbons (Fsp3) is 0.0909. The molecular formula is C33H29NO4. The zero-order valence-corrected chi connectivity index (χ0v) is 21.5. The Labute approximate surface area is 222 Å². The van der Waals surface area contributed by atoms with Gasteiger partial charge in [0.2, 0.25) is 0 Å². The van der Waals surface area contributed by atoms with Crippen LogP contribution in [0.1, 0.15) is 11.1 Å². The Kier molecular flexibility index (Phi) is 6.67. The summed E-state index contributed by atoms with van der Waals surface area (Å²) in [6, 6.07) is 32.7. The van der Waals surface area contributed by atoms with Crippen LogP contribution in [0, 0.1) is 13.8 Å². The highest BCUT2D eigenvalue weighted by molar-refractivity contribution is 5.91. The van der Waals surface area contributed by atoms with Crippen molar-refractivity contribution in [2.75, 3.05) is 12.0 Å². The highest BCUT2D eigenvalue weighted by atomic mass is 16.5.